The molecule has 0 amide bonds. The van der Waals surface area contributed by atoms with Crippen LogP contribution in [0.1, 0.15) is 53.4 Å². The van der Waals surface area contributed by atoms with Gasteiger partial charge in [0.1, 0.15) is 0 Å². The van der Waals surface area contributed by atoms with Gasteiger partial charge >= 0.3 is 68.9 Å². The molecule has 0 aliphatic carbocycles. The summed E-state index contributed by atoms with van der Waals surface area (Å²) in [4.78, 5) is 0. The molecule has 0 aromatic heterocycles. The molecular weight excluding hydrogens is 267 g/mol. The van der Waals surface area contributed by atoms with E-state index < -0.39 is 0 Å². The maximum Gasteiger partial charge on any atom is 1.00 e. The van der Waals surface area contributed by atoms with Crippen LogP contribution in [0.5, 0.6) is 0 Å². The zero-order valence-corrected chi connectivity index (χ0v) is 15.7. The third kappa shape index (κ3) is 10.1. The van der Waals surface area contributed by atoms with Crippen molar-refractivity contribution in [2.45, 2.75) is 65.5 Å². The third-order valence-corrected chi connectivity index (χ3v) is 1.92. The first-order valence-corrected chi connectivity index (χ1v) is 4.90. The van der Waals surface area contributed by atoms with Gasteiger partial charge in [0.25, 0.3) is 0 Å². The second kappa shape index (κ2) is 11.1. The number of hydrogen-bond donors (Lipinski definition) is 0. The Balaban J connectivity index is 0. The van der Waals surface area contributed by atoms with E-state index in [1.54, 1.807) is 0 Å². The Labute approximate surface area is 137 Å². The van der Waals surface area contributed by atoms with E-state index in [1.165, 1.54) is 25.7 Å². The van der Waals surface area contributed by atoms with Crippen molar-refractivity contribution in [3.63, 3.8) is 0 Å². The number of rotatable bonds is 6. The van der Waals surface area contributed by atoms with Crippen LogP contribution >= 0.6 is 0 Å². The van der Waals surface area contributed by atoms with Gasteiger partial charge in [-0.3, -0.25) is 0 Å². The molecular formula is C10H22CsN. The predicted molar refractivity (Wildman–Crippen MR) is 52.1 cm³/mol. The van der Waals surface area contributed by atoms with E-state index in [2.05, 4.69) is 33.0 Å². The fourth-order valence-electron chi connectivity index (χ4n) is 1.42. The molecule has 1 nitrogen and oxygen atoms in total. The molecule has 12 heavy (non-hydrogen) atoms. The molecule has 0 radical (unpaired) electrons. The molecule has 0 bridgehead atoms. The van der Waals surface area contributed by atoms with Crippen molar-refractivity contribution in [3.05, 3.63) is 5.32 Å². The summed E-state index contributed by atoms with van der Waals surface area (Å²) >= 11 is 0. The molecule has 0 aliphatic rings. The summed E-state index contributed by atoms with van der Waals surface area (Å²) < 4.78 is 0. The molecule has 0 aromatic carbocycles. The molecule has 0 fully saturated rings. The van der Waals surface area contributed by atoms with Crippen molar-refractivity contribution in [3.8, 4) is 0 Å². The van der Waals surface area contributed by atoms with Gasteiger partial charge in [-0.25, -0.2) is 0 Å². The monoisotopic (exact) mass is 289 g/mol. The summed E-state index contributed by atoms with van der Waals surface area (Å²) in [6, 6.07) is 1.14. The Morgan fingerprint density at radius 3 is 1.50 bits per heavy atom. The van der Waals surface area contributed by atoms with E-state index in [0.717, 1.165) is 0 Å². The van der Waals surface area contributed by atoms with Gasteiger partial charge in [-0.1, -0.05) is 53.4 Å². The van der Waals surface area contributed by atoms with E-state index in [9.17, 15) is 0 Å². The minimum absolute atomic E-state index is 0. The van der Waals surface area contributed by atoms with Crippen LogP contribution in [0.15, 0.2) is 0 Å². The maximum absolute atomic E-state index is 4.66. The average Bonchev–Trinajstić information content (AvgIpc) is 1.87. The van der Waals surface area contributed by atoms with Gasteiger partial charge in [-0.05, 0) is 0 Å². The molecule has 0 aliphatic heterocycles. The minimum Gasteiger partial charge on any atom is -0.657 e. The summed E-state index contributed by atoms with van der Waals surface area (Å²) in [6.07, 6.45) is 5.00. The minimum atomic E-state index is 0. The van der Waals surface area contributed by atoms with Gasteiger partial charge in [-0.2, -0.15) is 0 Å². The molecule has 68 valence electrons. The maximum atomic E-state index is 4.66. The Morgan fingerprint density at radius 2 is 1.25 bits per heavy atom. The molecule has 0 rings (SSSR count). The summed E-state index contributed by atoms with van der Waals surface area (Å²) in [5, 5.41) is 4.66. The van der Waals surface area contributed by atoms with Gasteiger partial charge < -0.3 is 5.32 Å². The Morgan fingerprint density at radius 1 is 0.917 bits per heavy atom. The van der Waals surface area contributed by atoms with Crippen molar-refractivity contribution < 1.29 is 68.9 Å². The quantitative estimate of drug-likeness (QED) is 0.685. The summed E-state index contributed by atoms with van der Waals surface area (Å²) in [7, 11) is 0. The van der Waals surface area contributed by atoms with Gasteiger partial charge in [-0.15, -0.1) is 12.1 Å². The van der Waals surface area contributed by atoms with Gasteiger partial charge in [0.15, 0.2) is 0 Å². The number of nitrogens with zero attached hydrogens (tertiary/aromatic N) is 1. The van der Waals surface area contributed by atoms with E-state index in [4.69, 9.17) is 0 Å². The molecule has 2 atom stereocenters. The van der Waals surface area contributed by atoms with Crippen LogP contribution in [0.2, 0.25) is 0 Å². The first-order valence-electron chi connectivity index (χ1n) is 4.90. The van der Waals surface area contributed by atoms with Crippen LogP contribution in [0.3, 0.4) is 0 Å². The van der Waals surface area contributed by atoms with E-state index in [1.807, 2.05) is 0 Å². The van der Waals surface area contributed by atoms with E-state index in [0.29, 0.717) is 12.1 Å². The second-order valence-corrected chi connectivity index (χ2v) is 3.42. The molecule has 0 N–H and O–H groups in total. The van der Waals surface area contributed by atoms with Gasteiger partial charge in [0.2, 0.25) is 0 Å². The Bertz CT molecular complexity index is 75.9. The van der Waals surface area contributed by atoms with Gasteiger partial charge in [0.05, 0.1) is 0 Å². The van der Waals surface area contributed by atoms with Crippen LogP contribution in [0.25, 0.3) is 5.32 Å². The van der Waals surface area contributed by atoms with Crippen molar-refractivity contribution >= 4 is 0 Å². The normalized spacial score (nSPS) is 15.0. The van der Waals surface area contributed by atoms with E-state index >= 15 is 0 Å². The smallest absolute Gasteiger partial charge is 0.657 e. The summed E-state index contributed by atoms with van der Waals surface area (Å²) in [5.74, 6) is 0. The van der Waals surface area contributed by atoms with Crippen molar-refractivity contribution in [2.24, 2.45) is 0 Å². The van der Waals surface area contributed by atoms with Crippen LogP contribution in [0, 0.1) is 0 Å². The fourth-order valence-corrected chi connectivity index (χ4v) is 1.42. The van der Waals surface area contributed by atoms with Crippen LogP contribution < -0.4 is 68.9 Å². The van der Waals surface area contributed by atoms with E-state index in [-0.39, 0.29) is 68.9 Å². The Hall–Kier alpha value is 2.01. The molecule has 0 heterocycles. The second-order valence-electron chi connectivity index (χ2n) is 3.42. The zero-order valence-electron chi connectivity index (χ0n) is 9.43. The standard InChI is InChI=1S/C10H22N.Cs/c1-5-7-9(3)11-10(4)8-6-2;/h9-10H,5-8H2,1-4H3;/q-1;+1. The predicted octanol–water partition coefficient (Wildman–Crippen LogP) is 0.741. The largest absolute Gasteiger partial charge is 1.00 e. The fraction of sp³-hybridized carbons (Fsp3) is 1.00. The summed E-state index contributed by atoms with van der Waals surface area (Å²) in [5.41, 5.74) is 0. The van der Waals surface area contributed by atoms with Crippen LogP contribution in [0.4, 0.5) is 0 Å². The first kappa shape index (κ1) is 16.4. The zero-order chi connectivity index (χ0) is 8.69. The van der Waals surface area contributed by atoms with Crippen LogP contribution in [-0.2, 0) is 0 Å². The molecule has 0 saturated heterocycles. The molecule has 2 unspecified atom stereocenters. The molecule has 0 saturated carbocycles. The SMILES string of the molecule is CCCC(C)[N-]C(C)CCC.[Cs+]. The van der Waals surface area contributed by atoms with Crippen molar-refractivity contribution in [1.82, 2.24) is 0 Å². The van der Waals surface area contributed by atoms with Gasteiger partial charge in [0, 0.05) is 0 Å². The Kier molecular flexibility index (Phi) is 15.2. The molecule has 2 heteroatoms. The average molecular weight is 289 g/mol. The molecule has 0 aromatic rings. The first-order chi connectivity index (χ1) is 5.20. The summed E-state index contributed by atoms with van der Waals surface area (Å²) in [6.45, 7) is 8.87. The van der Waals surface area contributed by atoms with Crippen LogP contribution in [-0.4, -0.2) is 12.1 Å². The topological polar surface area (TPSA) is 14.1 Å². The van der Waals surface area contributed by atoms with Crippen molar-refractivity contribution in [1.29, 1.82) is 0 Å². The number of hydrogen-bond acceptors (Lipinski definition) is 0. The third-order valence-electron chi connectivity index (χ3n) is 1.92. The van der Waals surface area contributed by atoms with Crippen molar-refractivity contribution in [2.75, 3.05) is 0 Å². The molecule has 0 spiro atoms.